The van der Waals surface area contributed by atoms with E-state index in [0.717, 1.165) is 0 Å². The van der Waals surface area contributed by atoms with Crippen molar-refractivity contribution in [3.05, 3.63) is 29.8 Å². The molecule has 1 fully saturated rings. The first-order valence-electron chi connectivity index (χ1n) is 16.7. The van der Waals surface area contributed by atoms with Crippen molar-refractivity contribution in [3.8, 4) is 5.75 Å². The molecule has 2 rings (SSSR count). The van der Waals surface area contributed by atoms with E-state index in [2.05, 4.69) is 25.8 Å². The highest BCUT2D eigenvalue weighted by atomic mass is 31.2. The smallest absolute Gasteiger partial charge is 0.404 e. The Labute approximate surface area is 301 Å². The lowest BCUT2D eigenvalue weighted by atomic mass is 9.94. The predicted octanol–water partition coefficient (Wildman–Crippen LogP) is -1.92. The van der Waals surface area contributed by atoms with Gasteiger partial charge in [-0.05, 0) is 56.2 Å². The van der Waals surface area contributed by atoms with Gasteiger partial charge < -0.3 is 47.3 Å². The Morgan fingerprint density at radius 1 is 0.923 bits per heavy atom. The highest BCUT2D eigenvalue weighted by molar-refractivity contribution is 7.46. The lowest BCUT2D eigenvalue weighted by molar-refractivity contribution is -0.141. The van der Waals surface area contributed by atoms with Crippen LogP contribution in [-0.2, 0) is 44.5 Å². The first-order valence-corrected chi connectivity index (χ1v) is 18.3. The molecule has 52 heavy (non-hydrogen) atoms. The van der Waals surface area contributed by atoms with Crippen molar-refractivity contribution in [3.63, 3.8) is 0 Å². The van der Waals surface area contributed by atoms with Crippen LogP contribution in [0.1, 0.15) is 65.4 Å². The lowest BCUT2D eigenvalue weighted by Gasteiger charge is -2.36. The normalized spacial score (nSPS) is 17.5. The molecule has 1 aromatic carbocycles. The van der Waals surface area contributed by atoms with Gasteiger partial charge in [0.15, 0.2) is 0 Å². The zero-order chi connectivity index (χ0) is 39.3. The SMILES string of the molecule is CC(=O)N[C@@H](Cc1ccc(OP(=O)(O)O)cc1)C(=O)N[C@@H](CC(C)C)C(=O)N1CCCC(C(=O)N[C@@H](CCC(N)=O)C(=O)N[C@H](C(N)=O)[C@@H](C)O)C1. The van der Waals surface area contributed by atoms with Crippen LogP contribution in [0.2, 0.25) is 0 Å². The first-order chi connectivity index (χ1) is 24.2. The van der Waals surface area contributed by atoms with Gasteiger partial charge in [-0.3, -0.25) is 43.3 Å². The van der Waals surface area contributed by atoms with Crippen LogP contribution < -0.4 is 37.3 Å². The maximum Gasteiger partial charge on any atom is 0.524 e. The fraction of sp³-hybridized carbons (Fsp3) is 0.594. The number of amides is 7. The third-order valence-corrected chi connectivity index (χ3v) is 8.55. The van der Waals surface area contributed by atoms with Crippen LogP contribution in [0.3, 0.4) is 0 Å². The molecule has 6 atom stereocenters. The second-order valence-electron chi connectivity index (χ2n) is 13.2. The number of nitrogens with zero attached hydrogens (tertiary/aromatic N) is 1. The van der Waals surface area contributed by atoms with E-state index in [-0.39, 0.29) is 50.4 Å². The lowest BCUT2D eigenvalue weighted by Crippen LogP contribution is -2.58. The fourth-order valence-corrected chi connectivity index (χ4v) is 6.02. The number of phosphoric acid groups is 1. The van der Waals surface area contributed by atoms with E-state index in [1.165, 1.54) is 43.0 Å². The molecule has 1 heterocycles. The van der Waals surface area contributed by atoms with Gasteiger partial charge in [-0.25, -0.2) is 4.57 Å². The molecule has 0 radical (unpaired) electrons. The van der Waals surface area contributed by atoms with Crippen molar-refractivity contribution < 1.29 is 57.5 Å². The van der Waals surface area contributed by atoms with Crippen molar-refractivity contribution in [2.24, 2.45) is 23.3 Å². The Morgan fingerprint density at radius 3 is 2.06 bits per heavy atom. The third kappa shape index (κ3) is 15.0. The zero-order valence-corrected chi connectivity index (χ0v) is 30.5. The number of aliphatic hydroxyl groups excluding tert-OH is 1. The molecule has 1 aliphatic rings. The highest BCUT2D eigenvalue weighted by Gasteiger charge is 2.36. The maximum absolute atomic E-state index is 13.9. The van der Waals surface area contributed by atoms with Gasteiger partial charge in [0.2, 0.25) is 41.4 Å². The molecule has 0 bridgehead atoms. The van der Waals surface area contributed by atoms with E-state index in [0.29, 0.717) is 18.4 Å². The molecule has 7 amide bonds. The summed E-state index contributed by atoms with van der Waals surface area (Å²) in [4.78, 5) is 109. The molecule has 19 nitrogen and oxygen atoms in total. The van der Waals surface area contributed by atoms with Crippen molar-refractivity contribution in [2.45, 2.75) is 96.5 Å². The number of likely N-dealkylation sites (tertiary alicyclic amines) is 1. The Kier molecular flexibility index (Phi) is 16.7. The van der Waals surface area contributed by atoms with Crippen molar-refractivity contribution in [1.82, 2.24) is 26.2 Å². The fourth-order valence-electron chi connectivity index (χ4n) is 5.62. The van der Waals surface area contributed by atoms with E-state index >= 15 is 0 Å². The molecule has 20 heteroatoms. The van der Waals surface area contributed by atoms with Crippen LogP contribution in [0.4, 0.5) is 0 Å². The number of primary amides is 2. The highest BCUT2D eigenvalue weighted by Crippen LogP contribution is 2.37. The van der Waals surface area contributed by atoms with Gasteiger partial charge in [-0.2, -0.15) is 0 Å². The van der Waals surface area contributed by atoms with Gasteiger partial charge in [0.1, 0.15) is 29.9 Å². The summed E-state index contributed by atoms with van der Waals surface area (Å²) in [5.41, 5.74) is 11.0. The summed E-state index contributed by atoms with van der Waals surface area (Å²) in [6.45, 7) is 6.37. The van der Waals surface area contributed by atoms with Crippen LogP contribution in [0.15, 0.2) is 24.3 Å². The molecule has 290 valence electrons. The molecule has 1 unspecified atom stereocenters. The van der Waals surface area contributed by atoms with Gasteiger partial charge in [-0.1, -0.05) is 26.0 Å². The number of hydrogen-bond donors (Lipinski definition) is 9. The van der Waals surface area contributed by atoms with Gasteiger partial charge in [-0.15, -0.1) is 0 Å². The summed E-state index contributed by atoms with van der Waals surface area (Å²) in [5.74, 6) is -5.84. The minimum absolute atomic E-state index is 0.0297. The molecule has 1 aliphatic heterocycles. The Balaban J connectivity index is 2.20. The first kappa shape index (κ1) is 43.6. The van der Waals surface area contributed by atoms with E-state index in [9.17, 15) is 43.2 Å². The van der Waals surface area contributed by atoms with Gasteiger partial charge in [0.25, 0.3) is 0 Å². The van der Waals surface area contributed by atoms with Crippen LogP contribution in [0.25, 0.3) is 0 Å². The number of carbonyl (C=O) groups excluding carboxylic acids is 7. The Hall–Kier alpha value is -4.58. The average Bonchev–Trinajstić information content (AvgIpc) is 3.03. The number of carbonyl (C=O) groups is 7. The number of nitrogens with two attached hydrogens (primary N) is 2. The number of benzene rings is 1. The minimum atomic E-state index is -4.78. The number of rotatable bonds is 19. The van der Waals surface area contributed by atoms with E-state index in [4.69, 9.17) is 21.3 Å². The van der Waals surface area contributed by atoms with Gasteiger partial charge >= 0.3 is 7.82 Å². The van der Waals surface area contributed by atoms with Crippen molar-refractivity contribution in [2.75, 3.05) is 13.1 Å². The molecular weight excluding hydrogens is 705 g/mol. The number of hydrogen-bond acceptors (Lipinski definition) is 10. The summed E-state index contributed by atoms with van der Waals surface area (Å²) in [6, 6.07) is 0.583. The second kappa shape index (κ2) is 19.9. The number of piperidine rings is 1. The molecule has 1 saturated heterocycles. The molecule has 1 aromatic rings. The van der Waals surface area contributed by atoms with Crippen LogP contribution in [0, 0.1) is 11.8 Å². The largest absolute Gasteiger partial charge is 0.524 e. The van der Waals surface area contributed by atoms with E-state index < -0.39 is 85.4 Å². The van der Waals surface area contributed by atoms with Crippen molar-refractivity contribution in [1.29, 1.82) is 0 Å². The second-order valence-corrected chi connectivity index (χ2v) is 14.4. The maximum atomic E-state index is 13.9. The molecule has 0 aromatic heterocycles. The third-order valence-electron chi connectivity index (χ3n) is 8.11. The number of aliphatic hydroxyl groups is 1. The Morgan fingerprint density at radius 2 is 1.54 bits per heavy atom. The summed E-state index contributed by atoms with van der Waals surface area (Å²) in [5, 5.41) is 20.0. The topological polar surface area (TPSA) is 310 Å². The van der Waals surface area contributed by atoms with E-state index in [1.54, 1.807) is 0 Å². The Bertz CT molecular complexity index is 1500. The summed E-state index contributed by atoms with van der Waals surface area (Å²) in [6.07, 6.45) is -0.888. The number of phosphoric ester groups is 1. The molecule has 11 N–H and O–H groups in total. The van der Waals surface area contributed by atoms with Crippen molar-refractivity contribution >= 4 is 49.2 Å². The van der Waals surface area contributed by atoms with Gasteiger partial charge in [0, 0.05) is 32.9 Å². The zero-order valence-electron chi connectivity index (χ0n) is 29.6. The summed E-state index contributed by atoms with van der Waals surface area (Å²) < 4.78 is 15.7. The molecule has 0 aliphatic carbocycles. The number of nitrogens with one attached hydrogen (secondary N) is 4. The minimum Gasteiger partial charge on any atom is -0.404 e. The van der Waals surface area contributed by atoms with Crippen LogP contribution in [0.5, 0.6) is 5.75 Å². The quantitative estimate of drug-likeness (QED) is 0.0698. The standard InChI is InChI=1S/C32H50N7O12P/c1-17(2)14-25(37-31(46)24(35-19(4)41)15-20-7-9-22(10-8-20)51-52(48,49)50)32(47)39-13-5-6-21(16-39)29(44)36-23(11-12-26(33)42)30(45)38-27(18(3)40)28(34)43/h7-10,17-18,21,23-25,27,40H,5-6,11-16H2,1-4H3,(H2,33,42)(H2,34,43)(H,35,41)(H,36,44)(H,37,46)(H,38,45)(H2,48,49,50)/t18-,21?,23+,24+,25+,27+/m1/s1. The molecule has 0 saturated carbocycles. The average molecular weight is 756 g/mol. The summed E-state index contributed by atoms with van der Waals surface area (Å²) >= 11 is 0. The summed E-state index contributed by atoms with van der Waals surface area (Å²) in [7, 11) is -4.78. The van der Waals surface area contributed by atoms with Crippen LogP contribution in [-0.4, -0.2) is 105 Å². The van der Waals surface area contributed by atoms with Gasteiger partial charge in [0.05, 0.1) is 12.0 Å². The monoisotopic (exact) mass is 755 g/mol. The molecular formula is C32H50N7O12P. The predicted molar refractivity (Wildman–Crippen MR) is 184 cm³/mol. The van der Waals surface area contributed by atoms with E-state index in [1.807, 2.05) is 13.8 Å². The molecule has 0 spiro atoms. The van der Waals surface area contributed by atoms with Crippen LogP contribution >= 0.6 is 7.82 Å².